The third kappa shape index (κ3) is 5.67. The van der Waals surface area contributed by atoms with Gasteiger partial charge in [-0.25, -0.2) is 0 Å². The maximum absolute atomic E-state index is 12.6. The van der Waals surface area contributed by atoms with Crippen LogP contribution < -0.4 is 15.4 Å². The Morgan fingerprint density at radius 1 is 1.26 bits per heavy atom. The molecule has 6 nitrogen and oxygen atoms in total. The number of aryl methyl sites for hydroxylation is 2. The van der Waals surface area contributed by atoms with Crippen LogP contribution in [0.2, 0.25) is 0 Å². The average Bonchev–Trinajstić information content (AvgIpc) is 3.07. The van der Waals surface area contributed by atoms with Crippen LogP contribution in [0.25, 0.3) is 0 Å². The highest BCUT2D eigenvalue weighted by Crippen LogP contribution is 2.24. The number of carbonyl (C=O) groups is 1. The summed E-state index contributed by atoms with van der Waals surface area (Å²) in [6, 6.07) is 4.82. The number of hydrogen-bond donors (Lipinski definition) is 2. The Hall–Kier alpha value is -1.63. The Labute approximate surface area is 163 Å². The maximum atomic E-state index is 12.6. The first kappa shape index (κ1) is 21.7. The molecule has 0 bridgehead atoms. The van der Waals surface area contributed by atoms with E-state index in [4.69, 9.17) is 9.47 Å². The molecule has 2 atom stereocenters. The summed E-state index contributed by atoms with van der Waals surface area (Å²) in [5.74, 6) is 1.03. The van der Waals surface area contributed by atoms with E-state index in [-0.39, 0.29) is 11.9 Å². The van der Waals surface area contributed by atoms with E-state index in [0.717, 1.165) is 30.8 Å². The van der Waals surface area contributed by atoms with E-state index in [9.17, 15) is 4.79 Å². The van der Waals surface area contributed by atoms with Gasteiger partial charge in [0.25, 0.3) is 0 Å². The van der Waals surface area contributed by atoms with Crippen molar-refractivity contribution in [2.24, 2.45) is 0 Å². The molecule has 1 aliphatic heterocycles. The van der Waals surface area contributed by atoms with Crippen LogP contribution in [0, 0.1) is 13.8 Å². The molecule has 1 aromatic rings. The summed E-state index contributed by atoms with van der Waals surface area (Å²) in [6.07, 6.45) is 0.825. The maximum Gasteiger partial charge on any atom is 0.237 e. The molecule has 6 heteroatoms. The van der Waals surface area contributed by atoms with Gasteiger partial charge >= 0.3 is 0 Å². The van der Waals surface area contributed by atoms with Gasteiger partial charge in [0.05, 0.1) is 19.8 Å². The van der Waals surface area contributed by atoms with Gasteiger partial charge in [-0.2, -0.15) is 0 Å². The van der Waals surface area contributed by atoms with E-state index in [0.29, 0.717) is 25.2 Å². The quantitative estimate of drug-likeness (QED) is 0.645. The van der Waals surface area contributed by atoms with Crippen molar-refractivity contribution in [2.45, 2.75) is 58.8 Å². The molecular formula is C21H35N3O3. The van der Waals surface area contributed by atoms with Crippen LogP contribution in [0.3, 0.4) is 0 Å². The van der Waals surface area contributed by atoms with Gasteiger partial charge in [-0.1, -0.05) is 6.07 Å². The highest BCUT2D eigenvalue weighted by atomic mass is 16.5. The lowest BCUT2D eigenvalue weighted by molar-refractivity contribution is -0.126. The number of hydrogen-bond acceptors (Lipinski definition) is 5. The normalized spacial score (nSPS) is 20.3. The van der Waals surface area contributed by atoms with Crippen molar-refractivity contribution in [1.29, 1.82) is 0 Å². The van der Waals surface area contributed by atoms with Gasteiger partial charge in [0.1, 0.15) is 5.75 Å². The summed E-state index contributed by atoms with van der Waals surface area (Å²) < 4.78 is 10.4. The molecule has 2 rings (SSSR count). The van der Waals surface area contributed by atoms with Crippen LogP contribution in [-0.4, -0.2) is 62.8 Å². The Kier molecular flexibility index (Phi) is 8.07. The standard InChI is InChI=1S/C21H35N3O3/c1-14(2)24-13-18(11-19(24)21(25)22-7-8-26-5)23-12-17-9-16(4)20(27-6)10-15(17)3/h9-10,14,18-19,23H,7-8,11-13H2,1-6H3,(H,22,25)/t18-,19+/m1/s1. The fourth-order valence-electron chi connectivity index (χ4n) is 3.75. The van der Waals surface area contributed by atoms with Gasteiger partial charge in [-0.15, -0.1) is 0 Å². The van der Waals surface area contributed by atoms with Crippen molar-refractivity contribution in [1.82, 2.24) is 15.5 Å². The zero-order chi connectivity index (χ0) is 20.0. The zero-order valence-electron chi connectivity index (χ0n) is 17.6. The fourth-order valence-corrected chi connectivity index (χ4v) is 3.75. The number of rotatable bonds is 9. The summed E-state index contributed by atoms with van der Waals surface area (Å²) in [7, 11) is 3.35. The summed E-state index contributed by atoms with van der Waals surface area (Å²) >= 11 is 0. The second-order valence-electron chi connectivity index (χ2n) is 7.65. The van der Waals surface area contributed by atoms with Crippen LogP contribution in [0.15, 0.2) is 12.1 Å². The van der Waals surface area contributed by atoms with Crippen molar-refractivity contribution in [2.75, 3.05) is 33.9 Å². The molecule has 27 heavy (non-hydrogen) atoms. The third-order valence-electron chi connectivity index (χ3n) is 5.35. The van der Waals surface area contributed by atoms with E-state index in [1.165, 1.54) is 11.1 Å². The van der Waals surface area contributed by atoms with Gasteiger partial charge in [-0.05, 0) is 56.9 Å². The summed E-state index contributed by atoms with van der Waals surface area (Å²) in [5.41, 5.74) is 3.64. The zero-order valence-corrected chi connectivity index (χ0v) is 17.6. The van der Waals surface area contributed by atoms with E-state index >= 15 is 0 Å². The van der Waals surface area contributed by atoms with Gasteiger partial charge in [0, 0.05) is 38.8 Å². The fraction of sp³-hybridized carbons (Fsp3) is 0.667. The molecule has 1 amide bonds. The number of methoxy groups -OCH3 is 2. The summed E-state index contributed by atoms with van der Waals surface area (Å²) in [4.78, 5) is 14.9. The number of likely N-dealkylation sites (tertiary alicyclic amines) is 1. The molecule has 0 aliphatic carbocycles. The van der Waals surface area contributed by atoms with Crippen molar-refractivity contribution in [3.63, 3.8) is 0 Å². The molecular weight excluding hydrogens is 342 g/mol. The minimum absolute atomic E-state index is 0.0851. The van der Waals surface area contributed by atoms with Gasteiger partial charge in [0.15, 0.2) is 0 Å². The Morgan fingerprint density at radius 2 is 2.00 bits per heavy atom. The molecule has 1 aromatic carbocycles. The van der Waals surface area contributed by atoms with E-state index in [1.54, 1.807) is 14.2 Å². The van der Waals surface area contributed by atoms with Crippen molar-refractivity contribution >= 4 is 5.91 Å². The van der Waals surface area contributed by atoms with E-state index < -0.39 is 0 Å². The summed E-state index contributed by atoms with van der Waals surface area (Å²) in [5, 5.41) is 6.64. The molecule has 0 saturated carbocycles. The second-order valence-corrected chi connectivity index (χ2v) is 7.65. The van der Waals surface area contributed by atoms with Gasteiger partial charge < -0.3 is 20.1 Å². The minimum atomic E-state index is -0.0851. The molecule has 2 N–H and O–H groups in total. The van der Waals surface area contributed by atoms with Crippen molar-refractivity contribution < 1.29 is 14.3 Å². The van der Waals surface area contributed by atoms with Gasteiger partial charge in [0.2, 0.25) is 5.91 Å². The molecule has 1 aliphatic rings. The van der Waals surface area contributed by atoms with Gasteiger partial charge in [-0.3, -0.25) is 9.69 Å². The van der Waals surface area contributed by atoms with Crippen LogP contribution in [0.1, 0.15) is 37.0 Å². The lowest BCUT2D eigenvalue weighted by Gasteiger charge is -2.27. The first-order valence-corrected chi connectivity index (χ1v) is 9.77. The van der Waals surface area contributed by atoms with Crippen LogP contribution in [0.5, 0.6) is 5.75 Å². The number of carbonyl (C=O) groups excluding carboxylic acids is 1. The molecule has 0 unspecified atom stereocenters. The lowest BCUT2D eigenvalue weighted by atomic mass is 10.0. The van der Waals surface area contributed by atoms with Crippen molar-refractivity contribution in [3.05, 3.63) is 28.8 Å². The highest BCUT2D eigenvalue weighted by Gasteiger charge is 2.37. The monoisotopic (exact) mass is 377 g/mol. The largest absolute Gasteiger partial charge is 0.496 e. The van der Waals surface area contributed by atoms with E-state index in [1.807, 2.05) is 0 Å². The summed E-state index contributed by atoms with van der Waals surface area (Å²) in [6.45, 7) is 11.2. The predicted molar refractivity (Wildman–Crippen MR) is 108 cm³/mol. The third-order valence-corrected chi connectivity index (χ3v) is 5.35. The molecule has 0 spiro atoms. The molecule has 0 radical (unpaired) electrons. The van der Waals surface area contributed by atoms with Crippen molar-refractivity contribution in [3.8, 4) is 5.75 Å². The minimum Gasteiger partial charge on any atom is -0.496 e. The number of amides is 1. The molecule has 1 saturated heterocycles. The smallest absolute Gasteiger partial charge is 0.237 e. The highest BCUT2D eigenvalue weighted by molar-refractivity contribution is 5.82. The second kappa shape index (κ2) is 10.1. The molecule has 1 heterocycles. The van der Waals surface area contributed by atoms with Crippen LogP contribution >= 0.6 is 0 Å². The lowest BCUT2D eigenvalue weighted by Crippen LogP contribution is -2.46. The SMILES string of the molecule is COCCNC(=O)[C@@H]1C[C@@H](NCc2cc(C)c(OC)cc2C)CN1C(C)C. The topological polar surface area (TPSA) is 62.8 Å². The number of ether oxygens (including phenoxy) is 2. The molecule has 152 valence electrons. The first-order valence-electron chi connectivity index (χ1n) is 9.77. The van der Waals surface area contributed by atoms with E-state index in [2.05, 4.69) is 55.4 Å². The average molecular weight is 378 g/mol. The molecule has 0 aromatic heterocycles. The molecule has 1 fully saturated rings. The number of nitrogens with zero attached hydrogens (tertiary/aromatic N) is 1. The first-order chi connectivity index (χ1) is 12.9. The van der Waals surface area contributed by atoms with Crippen LogP contribution in [-0.2, 0) is 16.1 Å². The Morgan fingerprint density at radius 3 is 2.63 bits per heavy atom. The number of nitrogens with one attached hydrogen (secondary N) is 2. The Bertz CT molecular complexity index is 633. The number of benzene rings is 1. The Balaban J connectivity index is 1.97. The van der Waals surface area contributed by atoms with Crippen LogP contribution in [0.4, 0.5) is 0 Å². The predicted octanol–water partition coefficient (Wildman–Crippen LogP) is 2.02.